The van der Waals surface area contributed by atoms with Crippen LogP contribution in [0.4, 0.5) is 0 Å². The molecule has 0 aliphatic rings. The van der Waals surface area contributed by atoms with Crippen LogP contribution in [0.5, 0.6) is 0 Å². The van der Waals surface area contributed by atoms with E-state index in [-0.39, 0.29) is 5.97 Å². The largest absolute Gasteiger partial charge is 0.466 e. The fourth-order valence-corrected chi connectivity index (χ4v) is 0.622. The van der Waals surface area contributed by atoms with Crippen molar-refractivity contribution >= 4 is 5.97 Å². The average Bonchev–Trinajstić information content (AvgIpc) is 2.05. The summed E-state index contributed by atoms with van der Waals surface area (Å²) in [6.45, 7) is 3.09. The van der Waals surface area contributed by atoms with Gasteiger partial charge in [-0.3, -0.25) is 4.79 Å². The van der Waals surface area contributed by atoms with Crippen LogP contribution in [0.25, 0.3) is 0 Å². The van der Waals surface area contributed by atoms with E-state index in [4.69, 9.17) is 11.2 Å². The number of ether oxygens (including phenoxy) is 2. The SMILES string of the molecule is C#CCCOCCC(=O)OCC. The average molecular weight is 170 g/mol. The number of rotatable bonds is 6. The Hall–Kier alpha value is -1.01. The molecule has 0 amide bonds. The van der Waals surface area contributed by atoms with Crippen molar-refractivity contribution in [3.63, 3.8) is 0 Å². The molecule has 12 heavy (non-hydrogen) atoms. The number of hydrogen-bond acceptors (Lipinski definition) is 3. The Morgan fingerprint density at radius 3 is 2.83 bits per heavy atom. The van der Waals surface area contributed by atoms with Crippen LogP contribution in [0.3, 0.4) is 0 Å². The number of terminal acetylenes is 1. The lowest BCUT2D eigenvalue weighted by Crippen LogP contribution is -2.08. The Balaban J connectivity index is 3.09. The van der Waals surface area contributed by atoms with Gasteiger partial charge in [-0.15, -0.1) is 12.3 Å². The minimum Gasteiger partial charge on any atom is -0.466 e. The predicted molar refractivity (Wildman–Crippen MR) is 45.5 cm³/mol. The normalized spacial score (nSPS) is 9.00. The third-order valence-corrected chi connectivity index (χ3v) is 1.15. The summed E-state index contributed by atoms with van der Waals surface area (Å²) < 4.78 is 9.74. The highest BCUT2D eigenvalue weighted by atomic mass is 16.5. The lowest BCUT2D eigenvalue weighted by Gasteiger charge is -2.01. The maximum absolute atomic E-state index is 10.7. The summed E-state index contributed by atoms with van der Waals surface area (Å²) in [6, 6.07) is 0. The van der Waals surface area contributed by atoms with Crippen LogP contribution in [0.1, 0.15) is 19.8 Å². The van der Waals surface area contributed by atoms with Gasteiger partial charge in [0.1, 0.15) is 0 Å². The van der Waals surface area contributed by atoms with Crippen molar-refractivity contribution in [2.75, 3.05) is 19.8 Å². The molecule has 0 aromatic heterocycles. The Morgan fingerprint density at radius 1 is 1.50 bits per heavy atom. The van der Waals surface area contributed by atoms with Crippen molar-refractivity contribution in [3.05, 3.63) is 0 Å². The summed E-state index contributed by atoms with van der Waals surface area (Å²) >= 11 is 0. The van der Waals surface area contributed by atoms with Crippen LogP contribution in [-0.4, -0.2) is 25.8 Å². The summed E-state index contributed by atoms with van der Waals surface area (Å²) in [5, 5.41) is 0. The molecule has 3 heteroatoms. The lowest BCUT2D eigenvalue weighted by atomic mass is 10.4. The lowest BCUT2D eigenvalue weighted by molar-refractivity contribution is -0.144. The molecule has 0 aromatic carbocycles. The molecule has 68 valence electrons. The first kappa shape index (κ1) is 11.0. The van der Waals surface area contributed by atoms with Gasteiger partial charge < -0.3 is 9.47 Å². The monoisotopic (exact) mass is 170 g/mol. The van der Waals surface area contributed by atoms with Crippen LogP contribution in [0.15, 0.2) is 0 Å². The third-order valence-electron chi connectivity index (χ3n) is 1.15. The highest BCUT2D eigenvalue weighted by molar-refractivity contribution is 5.69. The number of hydrogen-bond donors (Lipinski definition) is 0. The molecule has 0 unspecified atom stereocenters. The first-order chi connectivity index (χ1) is 5.81. The van der Waals surface area contributed by atoms with E-state index < -0.39 is 0 Å². The highest BCUT2D eigenvalue weighted by Crippen LogP contribution is 1.88. The van der Waals surface area contributed by atoms with E-state index in [1.807, 2.05) is 0 Å². The Kier molecular flexibility index (Phi) is 7.41. The zero-order valence-corrected chi connectivity index (χ0v) is 7.34. The van der Waals surface area contributed by atoms with Gasteiger partial charge in [0.15, 0.2) is 0 Å². The molecule has 0 radical (unpaired) electrons. The van der Waals surface area contributed by atoms with Crippen molar-refractivity contribution in [3.8, 4) is 12.3 Å². The molecule has 0 saturated carbocycles. The first-order valence-electron chi connectivity index (χ1n) is 3.98. The minimum absolute atomic E-state index is 0.224. The second kappa shape index (κ2) is 8.09. The Labute approximate surface area is 73.0 Å². The van der Waals surface area contributed by atoms with Gasteiger partial charge in [0, 0.05) is 6.42 Å². The zero-order valence-electron chi connectivity index (χ0n) is 7.34. The quantitative estimate of drug-likeness (QED) is 0.338. The van der Waals surface area contributed by atoms with Gasteiger partial charge in [0.2, 0.25) is 0 Å². The molecule has 0 bridgehead atoms. The Morgan fingerprint density at radius 2 is 2.25 bits per heavy atom. The van der Waals surface area contributed by atoms with Gasteiger partial charge in [0.05, 0.1) is 26.2 Å². The third kappa shape index (κ3) is 7.10. The first-order valence-corrected chi connectivity index (χ1v) is 3.98. The van der Waals surface area contributed by atoms with Crippen molar-refractivity contribution in [2.45, 2.75) is 19.8 Å². The van der Waals surface area contributed by atoms with Crippen LogP contribution < -0.4 is 0 Å². The number of carbonyl (C=O) groups excluding carboxylic acids is 1. The van der Waals surface area contributed by atoms with Gasteiger partial charge >= 0.3 is 5.97 Å². The van der Waals surface area contributed by atoms with Gasteiger partial charge in [-0.25, -0.2) is 0 Å². The van der Waals surface area contributed by atoms with Crippen LogP contribution in [-0.2, 0) is 14.3 Å². The summed E-state index contributed by atoms with van der Waals surface area (Å²) in [6.07, 6.45) is 5.89. The summed E-state index contributed by atoms with van der Waals surface area (Å²) in [4.78, 5) is 10.7. The second-order valence-corrected chi connectivity index (χ2v) is 2.12. The molecule has 0 aromatic rings. The molecular weight excluding hydrogens is 156 g/mol. The second-order valence-electron chi connectivity index (χ2n) is 2.12. The van der Waals surface area contributed by atoms with Gasteiger partial charge in [0.25, 0.3) is 0 Å². The summed E-state index contributed by atoms with van der Waals surface area (Å²) in [7, 11) is 0. The molecule has 0 saturated heterocycles. The molecule has 0 fully saturated rings. The van der Waals surface area contributed by atoms with Crippen molar-refractivity contribution in [2.24, 2.45) is 0 Å². The van der Waals surface area contributed by atoms with E-state index in [0.717, 1.165) is 0 Å². The van der Waals surface area contributed by atoms with E-state index >= 15 is 0 Å². The maximum atomic E-state index is 10.7. The van der Waals surface area contributed by atoms with Crippen LogP contribution >= 0.6 is 0 Å². The van der Waals surface area contributed by atoms with E-state index in [0.29, 0.717) is 32.7 Å². The fourth-order valence-electron chi connectivity index (χ4n) is 0.622. The zero-order chi connectivity index (χ0) is 9.23. The van der Waals surface area contributed by atoms with Gasteiger partial charge in [-0.05, 0) is 6.92 Å². The predicted octanol–water partition coefficient (Wildman–Crippen LogP) is 0.979. The van der Waals surface area contributed by atoms with E-state index in [1.54, 1.807) is 6.92 Å². The molecule has 0 rings (SSSR count). The van der Waals surface area contributed by atoms with E-state index in [9.17, 15) is 4.79 Å². The molecule has 0 spiro atoms. The topological polar surface area (TPSA) is 35.5 Å². The molecule has 0 N–H and O–H groups in total. The van der Waals surface area contributed by atoms with E-state index in [2.05, 4.69) is 10.7 Å². The van der Waals surface area contributed by atoms with Crippen molar-refractivity contribution < 1.29 is 14.3 Å². The molecule has 0 heterocycles. The number of esters is 1. The summed E-state index contributed by atoms with van der Waals surface area (Å²) in [5.41, 5.74) is 0. The van der Waals surface area contributed by atoms with Gasteiger partial charge in [-0.2, -0.15) is 0 Å². The highest BCUT2D eigenvalue weighted by Gasteiger charge is 1.99. The standard InChI is InChI=1S/C9H14O3/c1-3-5-7-11-8-6-9(10)12-4-2/h1H,4-8H2,2H3. The number of carbonyl (C=O) groups is 1. The molecular formula is C9H14O3. The van der Waals surface area contributed by atoms with Crippen LogP contribution in [0, 0.1) is 12.3 Å². The van der Waals surface area contributed by atoms with Crippen molar-refractivity contribution in [1.82, 2.24) is 0 Å². The van der Waals surface area contributed by atoms with E-state index in [1.165, 1.54) is 0 Å². The molecule has 0 aliphatic heterocycles. The fraction of sp³-hybridized carbons (Fsp3) is 0.667. The molecule has 0 aliphatic carbocycles. The maximum Gasteiger partial charge on any atom is 0.308 e. The van der Waals surface area contributed by atoms with Crippen molar-refractivity contribution in [1.29, 1.82) is 0 Å². The minimum atomic E-state index is -0.224. The summed E-state index contributed by atoms with van der Waals surface area (Å²) in [5.74, 6) is 2.22. The van der Waals surface area contributed by atoms with Gasteiger partial charge in [-0.1, -0.05) is 0 Å². The Bertz CT molecular complexity index is 158. The van der Waals surface area contributed by atoms with Crippen LogP contribution in [0.2, 0.25) is 0 Å². The molecule has 3 nitrogen and oxygen atoms in total. The smallest absolute Gasteiger partial charge is 0.308 e. The molecule has 0 atom stereocenters.